The van der Waals surface area contributed by atoms with Crippen molar-refractivity contribution < 1.29 is 22.8 Å². The number of nitrogens with one attached hydrogen (secondary N) is 2. The summed E-state index contributed by atoms with van der Waals surface area (Å²) in [7, 11) is 1.63. The number of H-pyrrole nitrogens is 1. The molecule has 0 aliphatic carbocycles. The standard InChI is InChI=1S/C23H21F3N4O2/c1-13-18(10-21(31)28-17-7-8-20-15(9-17)12-27-29-20)19(11-22(32)30(13)2)14-3-5-16(6-4-14)23(24,25)26/h3-9,12,19H,10-11H2,1-2H3,(H,27,29)(H,28,31). The first-order chi connectivity index (χ1) is 15.1. The number of amides is 2. The van der Waals surface area contributed by atoms with E-state index in [0.717, 1.165) is 23.0 Å². The number of allylic oxidation sites excluding steroid dienone is 1. The number of anilines is 1. The second-order valence-corrected chi connectivity index (χ2v) is 7.84. The van der Waals surface area contributed by atoms with Gasteiger partial charge in [-0.1, -0.05) is 12.1 Å². The lowest BCUT2D eigenvalue weighted by Crippen LogP contribution is -2.34. The molecule has 0 saturated heterocycles. The zero-order valence-corrected chi connectivity index (χ0v) is 17.5. The van der Waals surface area contributed by atoms with E-state index in [1.807, 2.05) is 0 Å². The summed E-state index contributed by atoms with van der Waals surface area (Å²) >= 11 is 0. The summed E-state index contributed by atoms with van der Waals surface area (Å²) < 4.78 is 38.8. The van der Waals surface area contributed by atoms with Crippen molar-refractivity contribution in [1.82, 2.24) is 15.1 Å². The molecular weight excluding hydrogens is 421 g/mol. The van der Waals surface area contributed by atoms with Crippen LogP contribution in [0.2, 0.25) is 0 Å². The van der Waals surface area contributed by atoms with Gasteiger partial charge in [0.25, 0.3) is 0 Å². The maximum absolute atomic E-state index is 12.9. The van der Waals surface area contributed by atoms with Crippen molar-refractivity contribution >= 4 is 28.4 Å². The van der Waals surface area contributed by atoms with Gasteiger partial charge >= 0.3 is 6.18 Å². The molecule has 1 unspecified atom stereocenters. The molecule has 4 rings (SSSR count). The normalized spacial score (nSPS) is 17.2. The molecule has 3 aromatic rings. The summed E-state index contributed by atoms with van der Waals surface area (Å²) in [6.07, 6.45) is -2.69. The summed E-state index contributed by atoms with van der Waals surface area (Å²) in [6.45, 7) is 1.74. The van der Waals surface area contributed by atoms with E-state index >= 15 is 0 Å². The Morgan fingerprint density at radius 2 is 1.94 bits per heavy atom. The van der Waals surface area contributed by atoms with Crippen LogP contribution in [-0.2, 0) is 15.8 Å². The highest BCUT2D eigenvalue weighted by atomic mass is 19.4. The largest absolute Gasteiger partial charge is 0.416 e. The molecule has 0 spiro atoms. The number of halogens is 3. The maximum Gasteiger partial charge on any atom is 0.416 e. The number of aromatic amines is 1. The summed E-state index contributed by atoms with van der Waals surface area (Å²) in [5.41, 5.74) is 2.60. The van der Waals surface area contributed by atoms with Crippen molar-refractivity contribution in [2.75, 3.05) is 12.4 Å². The Kier molecular flexibility index (Phi) is 5.50. The number of nitrogens with zero attached hydrogens (tertiary/aromatic N) is 2. The van der Waals surface area contributed by atoms with Crippen LogP contribution in [-0.4, -0.2) is 34.0 Å². The number of hydrogen-bond acceptors (Lipinski definition) is 3. The van der Waals surface area contributed by atoms with Crippen molar-refractivity contribution in [2.45, 2.75) is 31.9 Å². The molecule has 2 amide bonds. The molecule has 1 aromatic heterocycles. The molecule has 1 atom stereocenters. The minimum atomic E-state index is -4.44. The van der Waals surface area contributed by atoms with Crippen LogP contribution in [0.1, 0.15) is 36.8 Å². The average molecular weight is 442 g/mol. The van der Waals surface area contributed by atoms with Crippen molar-refractivity contribution in [3.8, 4) is 0 Å². The van der Waals surface area contributed by atoms with Gasteiger partial charge in [-0.15, -0.1) is 0 Å². The van der Waals surface area contributed by atoms with Crippen LogP contribution in [0.25, 0.3) is 10.9 Å². The maximum atomic E-state index is 12.9. The highest BCUT2D eigenvalue weighted by Gasteiger charge is 2.34. The first-order valence-corrected chi connectivity index (χ1v) is 10.00. The Labute approximate surface area is 182 Å². The van der Waals surface area contributed by atoms with Crippen LogP contribution < -0.4 is 5.32 Å². The van der Waals surface area contributed by atoms with Gasteiger partial charge in [-0.3, -0.25) is 14.7 Å². The van der Waals surface area contributed by atoms with E-state index in [1.54, 1.807) is 38.4 Å². The number of rotatable bonds is 4. The van der Waals surface area contributed by atoms with Gasteiger partial charge in [-0.05, 0) is 48.4 Å². The van der Waals surface area contributed by atoms with Gasteiger partial charge in [-0.25, -0.2) is 0 Å². The van der Waals surface area contributed by atoms with E-state index in [9.17, 15) is 22.8 Å². The fourth-order valence-electron chi connectivity index (χ4n) is 3.96. The second kappa shape index (κ2) is 8.14. The molecule has 9 heteroatoms. The predicted molar refractivity (Wildman–Crippen MR) is 114 cm³/mol. The Balaban J connectivity index is 1.59. The zero-order chi connectivity index (χ0) is 23.0. The van der Waals surface area contributed by atoms with Gasteiger partial charge in [0.2, 0.25) is 11.8 Å². The molecule has 1 aliphatic heterocycles. The lowest BCUT2D eigenvalue weighted by Gasteiger charge is -2.33. The zero-order valence-electron chi connectivity index (χ0n) is 17.5. The number of benzene rings is 2. The smallest absolute Gasteiger partial charge is 0.326 e. The Hall–Kier alpha value is -3.62. The summed E-state index contributed by atoms with van der Waals surface area (Å²) in [6, 6.07) is 10.1. The number of alkyl halides is 3. The van der Waals surface area contributed by atoms with Crippen molar-refractivity contribution in [2.24, 2.45) is 0 Å². The van der Waals surface area contributed by atoms with E-state index in [2.05, 4.69) is 15.5 Å². The van der Waals surface area contributed by atoms with Crippen LogP contribution in [0.5, 0.6) is 0 Å². The fraction of sp³-hybridized carbons (Fsp3) is 0.261. The SMILES string of the molecule is CC1=C(CC(=O)Nc2ccc3[nH]ncc3c2)C(c2ccc(C(F)(F)F)cc2)CC(=O)N1C. The van der Waals surface area contributed by atoms with Gasteiger partial charge in [0.05, 0.1) is 23.7 Å². The van der Waals surface area contributed by atoms with Gasteiger partial charge < -0.3 is 10.2 Å². The lowest BCUT2D eigenvalue weighted by molar-refractivity contribution is -0.137. The Morgan fingerprint density at radius 3 is 2.62 bits per heavy atom. The minimum Gasteiger partial charge on any atom is -0.326 e. The summed E-state index contributed by atoms with van der Waals surface area (Å²) in [5, 5.41) is 10.5. The predicted octanol–water partition coefficient (Wildman–Crippen LogP) is 4.83. The molecule has 2 heterocycles. The van der Waals surface area contributed by atoms with Crippen LogP contribution in [0.4, 0.5) is 18.9 Å². The van der Waals surface area contributed by atoms with Crippen LogP contribution in [0, 0.1) is 0 Å². The molecule has 1 aliphatic rings. The third-order valence-corrected chi connectivity index (χ3v) is 5.86. The number of carbonyl (C=O) groups excluding carboxylic acids is 2. The van der Waals surface area contributed by atoms with Crippen molar-refractivity contribution in [1.29, 1.82) is 0 Å². The van der Waals surface area contributed by atoms with Gasteiger partial charge in [0, 0.05) is 36.2 Å². The third kappa shape index (κ3) is 4.23. The Bertz CT molecular complexity index is 1210. The van der Waals surface area contributed by atoms with Crippen LogP contribution >= 0.6 is 0 Å². The van der Waals surface area contributed by atoms with Gasteiger partial charge in [-0.2, -0.15) is 18.3 Å². The van der Waals surface area contributed by atoms with E-state index in [-0.39, 0.29) is 24.7 Å². The molecule has 6 nitrogen and oxygen atoms in total. The van der Waals surface area contributed by atoms with Crippen molar-refractivity contribution in [3.63, 3.8) is 0 Å². The molecule has 0 fully saturated rings. The number of carbonyl (C=O) groups is 2. The number of aromatic nitrogens is 2. The van der Waals surface area contributed by atoms with E-state index < -0.39 is 17.7 Å². The first kappa shape index (κ1) is 21.6. The second-order valence-electron chi connectivity index (χ2n) is 7.84. The molecule has 2 N–H and O–H groups in total. The first-order valence-electron chi connectivity index (χ1n) is 10.00. The molecule has 0 bridgehead atoms. The molecule has 2 aromatic carbocycles. The molecule has 32 heavy (non-hydrogen) atoms. The van der Waals surface area contributed by atoms with E-state index in [4.69, 9.17) is 0 Å². The van der Waals surface area contributed by atoms with Gasteiger partial charge in [0.15, 0.2) is 0 Å². The summed E-state index contributed by atoms with van der Waals surface area (Å²) in [5.74, 6) is -0.896. The highest BCUT2D eigenvalue weighted by Crippen LogP contribution is 2.39. The topological polar surface area (TPSA) is 78.1 Å². The highest BCUT2D eigenvalue weighted by molar-refractivity contribution is 5.95. The minimum absolute atomic E-state index is 0.0125. The van der Waals surface area contributed by atoms with Crippen LogP contribution in [0.15, 0.2) is 59.9 Å². The molecular formula is C23H21F3N4O2. The fourth-order valence-corrected chi connectivity index (χ4v) is 3.96. The monoisotopic (exact) mass is 442 g/mol. The Morgan fingerprint density at radius 1 is 1.22 bits per heavy atom. The number of fused-ring (bicyclic) bond motifs is 1. The van der Waals surface area contributed by atoms with E-state index in [0.29, 0.717) is 22.5 Å². The molecule has 0 saturated carbocycles. The third-order valence-electron chi connectivity index (χ3n) is 5.86. The van der Waals surface area contributed by atoms with Crippen molar-refractivity contribution in [3.05, 3.63) is 71.1 Å². The summed E-state index contributed by atoms with van der Waals surface area (Å²) in [4.78, 5) is 26.8. The average Bonchev–Trinajstić information content (AvgIpc) is 3.21. The quantitative estimate of drug-likeness (QED) is 0.608. The van der Waals surface area contributed by atoms with E-state index in [1.165, 1.54) is 17.0 Å². The van der Waals surface area contributed by atoms with Gasteiger partial charge in [0.1, 0.15) is 0 Å². The van der Waals surface area contributed by atoms with Crippen LogP contribution in [0.3, 0.4) is 0 Å². The number of hydrogen-bond donors (Lipinski definition) is 2. The lowest BCUT2D eigenvalue weighted by atomic mass is 9.82. The molecule has 0 radical (unpaired) electrons. The molecule has 166 valence electrons.